The zero-order chi connectivity index (χ0) is 14.9. The van der Waals surface area contributed by atoms with Gasteiger partial charge in [0.05, 0.1) is 16.7 Å². The molecule has 0 radical (unpaired) electrons. The van der Waals surface area contributed by atoms with Crippen molar-refractivity contribution in [1.29, 1.82) is 0 Å². The first-order valence-corrected chi connectivity index (χ1v) is 8.03. The van der Waals surface area contributed by atoms with Crippen LogP contribution in [0.3, 0.4) is 0 Å². The molecule has 0 spiro atoms. The van der Waals surface area contributed by atoms with Gasteiger partial charge < -0.3 is 10.8 Å². The number of anilines is 1. The second-order valence-electron chi connectivity index (χ2n) is 5.25. The molecule has 1 aliphatic carbocycles. The number of nitrogen functional groups attached to an aromatic ring is 1. The lowest BCUT2D eigenvalue weighted by Gasteiger charge is -2.15. The first-order chi connectivity index (χ1) is 9.31. The van der Waals surface area contributed by atoms with Gasteiger partial charge in [-0.15, -0.1) is 0 Å². The summed E-state index contributed by atoms with van der Waals surface area (Å²) in [5, 5.41) is 9.68. The van der Waals surface area contributed by atoms with Crippen LogP contribution in [0.1, 0.15) is 24.8 Å². The van der Waals surface area contributed by atoms with Crippen LogP contribution in [0.5, 0.6) is 0 Å². The predicted octanol–water partition coefficient (Wildman–Crippen LogP) is 1.16. The minimum atomic E-state index is -3.74. The molecule has 0 amide bonds. The van der Waals surface area contributed by atoms with E-state index in [1.54, 1.807) is 0 Å². The maximum absolute atomic E-state index is 13.4. The van der Waals surface area contributed by atoms with Gasteiger partial charge in [0.25, 0.3) is 0 Å². The van der Waals surface area contributed by atoms with E-state index in [-0.39, 0.29) is 28.6 Å². The van der Waals surface area contributed by atoms with Crippen LogP contribution in [0.2, 0.25) is 0 Å². The fourth-order valence-corrected chi connectivity index (χ4v) is 3.69. The normalized spacial score (nSPS) is 23.1. The number of benzene rings is 1. The molecular weight excluding hydrogens is 283 g/mol. The van der Waals surface area contributed by atoms with Gasteiger partial charge in [-0.05, 0) is 43.4 Å². The van der Waals surface area contributed by atoms with Gasteiger partial charge in [-0.3, -0.25) is 0 Å². The average Bonchev–Trinajstić information content (AvgIpc) is 2.78. The Bertz CT molecular complexity index is 581. The zero-order valence-electron chi connectivity index (χ0n) is 11.3. The van der Waals surface area contributed by atoms with Crippen molar-refractivity contribution in [2.75, 3.05) is 12.3 Å². The number of rotatable bonds is 4. The number of aliphatic hydroxyl groups excluding tert-OH is 1. The second kappa shape index (κ2) is 5.67. The highest BCUT2D eigenvalue weighted by Gasteiger charge is 2.27. The van der Waals surface area contributed by atoms with Crippen molar-refractivity contribution < 1.29 is 17.9 Å². The molecule has 2 atom stereocenters. The molecule has 2 unspecified atom stereocenters. The van der Waals surface area contributed by atoms with Gasteiger partial charge in [-0.1, -0.05) is 6.42 Å². The Labute approximate surface area is 118 Å². The maximum atomic E-state index is 13.4. The molecule has 20 heavy (non-hydrogen) atoms. The SMILES string of the molecule is Cc1cc(S(=O)(=O)NCC2CCCC2O)cc(N)c1F. The summed E-state index contributed by atoms with van der Waals surface area (Å²) in [5.74, 6) is -0.668. The highest BCUT2D eigenvalue weighted by molar-refractivity contribution is 7.89. The number of aryl methyl sites for hydroxylation is 1. The third kappa shape index (κ3) is 3.11. The Morgan fingerprint density at radius 3 is 2.70 bits per heavy atom. The Kier molecular flexibility index (Phi) is 4.31. The van der Waals surface area contributed by atoms with E-state index in [0.29, 0.717) is 6.42 Å². The Hall–Kier alpha value is -1.18. The molecule has 1 fully saturated rings. The summed E-state index contributed by atoms with van der Waals surface area (Å²) >= 11 is 0. The van der Waals surface area contributed by atoms with Gasteiger partial charge in [0, 0.05) is 6.54 Å². The molecule has 2 rings (SSSR count). The van der Waals surface area contributed by atoms with Crippen LogP contribution in [0.15, 0.2) is 17.0 Å². The molecule has 0 aromatic heterocycles. The summed E-state index contributed by atoms with van der Waals surface area (Å²) in [5.41, 5.74) is 5.45. The van der Waals surface area contributed by atoms with Crippen LogP contribution >= 0.6 is 0 Å². The number of hydrogen-bond acceptors (Lipinski definition) is 4. The van der Waals surface area contributed by atoms with E-state index >= 15 is 0 Å². The third-order valence-electron chi connectivity index (χ3n) is 3.72. The molecule has 1 aromatic carbocycles. The monoisotopic (exact) mass is 302 g/mol. The lowest BCUT2D eigenvalue weighted by Crippen LogP contribution is -2.32. The van der Waals surface area contributed by atoms with E-state index in [2.05, 4.69) is 4.72 Å². The van der Waals surface area contributed by atoms with Crippen LogP contribution in [-0.4, -0.2) is 26.2 Å². The average molecular weight is 302 g/mol. The van der Waals surface area contributed by atoms with Gasteiger partial charge in [0.15, 0.2) is 0 Å². The Balaban J connectivity index is 2.14. The minimum absolute atomic E-state index is 0.0543. The van der Waals surface area contributed by atoms with E-state index in [9.17, 15) is 17.9 Å². The Morgan fingerprint density at radius 1 is 1.45 bits per heavy atom. The summed E-state index contributed by atoms with van der Waals surface area (Å²) in [6.07, 6.45) is 1.94. The topological polar surface area (TPSA) is 92.4 Å². The number of aliphatic hydroxyl groups is 1. The third-order valence-corrected chi connectivity index (χ3v) is 5.12. The van der Waals surface area contributed by atoms with Gasteiger partial charge in [-0.2, -0.15) is 0 Å². The first kappa shape index (κ1) is 15.2. The van der Waals surface area contributed by atoms with Crippen molar-refractivity contribution in [2.45, 2.75) is 37.2 Å². The lowest BCUT2D eigenvalue weighted by atomic mass is 10.1. The summed E-state index contributed by atoms with van der Waals surface area (Å²) in [7, 11) is -3.74. The van der Waals surface area contributed by atoms with Crippen molar-refractivity contribution in [3.63, 3.8) is 0 Å². The van der Waals surface area contributed by atoms with Gasteiger partial charge in [0.2, 0.25) is 10.0 Å². The molecule has 1 aliphatic rings. The van der Waals surface area contributed by atoms with Crippen molar-refractivity contribution in [3.05, 3.63) is 23.5 Å². The summed E-state index contributed by atoms with van der Waals surface area (Å²) in [6.45, 7) is 1.64. The predicted molar refractivity (Wildman–Crippen MR) is 74.1 cm³/mol. The second-order valence-corrected chi connectivity index (χ2v) is 7.02. The Morgan fingerprint density at radius 2 is 2.15 bits per heavy atom. The van der Waals surface area contributed by atoms with Gasteiger partial charge >= 0.3 is 0 Å². The van der Waals surface area contributed by atoms with E-state index in [4.69, 9.17) is 5.73 Å². The van der Waals surface area contributed by atoms with Crippen molar-refractivity contribution in [2.24, 2.45) is 5.92 Å². The number of nitrogens with one attached hydrogen (secondary N) is 1. The minimum Gasteiger partial charge on any atom is -0.396 e. The van der Waals surface area contributed by atoms with Gasteiger partial charge in [0.1, 0.15) is 5.82 Å². The molecule has 4 N–H and O–H groups in total. The van der Waals surface area contributed by atoms with E-state index in [1.807, 2.05) is 0 Å². The quantitative estimate of drug-likeness (QED) is 0.728. The largest absolute Gasteiger partial charge is 0.396 e. The van der Waals surface area contributed by atoms with Crippen molar-refractivity contribution in [3.8, 4) is 0 Å². The molecular formula is C13H19FN2O3S. The molecule has 0 aliphatic heterocycles. The summed E-state index contributed by atoms with van der Waals surface area (Å²) in [6, 6.07) is 2.36. The molecule has 0 bridgehead atoms. The fourth-order valence-electron chi connectivity index (χ4n) is 2.47. The highest BCUT2D eigenvalue weighted by atomic mass is 32.2. The highest BCUT2D eigenvalue weighted by Crippen LogP contribution is 2.26. The van der Waals surface area contributed by atoms with Crippen LogP contribution in [0.25, 0.3) is 0 Å². The first-order valence-electron chi connectivity index (χ1n) is 6.54. The fraction of sp³-hybridized carbons (Fsp3) is 0.538. The smallest absolute Gasteiger partial charge is 0.240 e. The molecule has 0 heterocycles. The van der Waals surface area contributed by atoms with Gasteiger partial charge in [-0.25, -0.2) is 17.5 Å². The summed E-state index contributed by atoms with van der Waals surface area (Å²) in [4.78, 5) is -0.0543. The van der Waals surface area contributed by atoms with Crippen LogP contribution in [0, 0.1) is 18.7 Å². The zero-order valence-corrected chi connectivity index (χ0v) is 12.1. The number of hydrogen-bond donors (Lipinski definition) is 3. The van der Waals surface area contributed by atoms with E-state index in [1.165, 1.54) is 13.0 Å². The molecule has 5 nitrogen and oxygen atoms in total. The number of nitrogens with two attached hydrogens (primary N) is 1. The van der Waals surface area contributed by atoms with Crippen molar-refractivity contribution >= 4 is 15.7 Å². The molecule has 112 valence electrons. The molecule has 1 aromatic rings. The molecule has 0 saturated heterocycles. The van der Waals surface area contributed by atoms with E-state index in [0.717, 1.165) is 18.9 Å². The van der Waals surface area contributed by atoms with Crippen LogP contribution in [0.4, 0.5) is 10.1 Å². The van der Waals surface area contributed by atoms with E-state index < -0.39 is 21.9 Å². The molecule has 7 heteroatoms. The summed E-state index contributed by atoms with van der Waals surface area (Å²) < 4.78 is 40.1. The van der Waals surface area contributed by atoms with Crippen LogP contribution in [-0.2, 0) is 10.0 Å². The maximum Gasteiger partial charge on any atom is 0.240 e. The standard InChI is InChI=1S/C13H19FN2O3S/c1-8-5-10(6-11(15)13(8)14)20(18,19)16-7-9-3-2-4-12(9)17/h5-6,9,12,16-17H,2-4,7,15H2,1H3. The number of sulfonamides is 1. The number of halogens is 1. The van der Waals surface area contributed by atoms with Crippen molar-refractivity contribution in [1.82, 2.24) is 4.72 Å². The molecule has 1 saturated carbocycles. The lowest BCUT2D eigenvalue weighted by molar-refractivity contribution is 0.134. The van der Waals surface area contributed by atoms with Crippen LogP contribution < -0.4 is 10.5 Å².